The molecule has 0 aliphatic carbocycles. The smallest absolute Gasteiger partial charge is 0.266 e. The van der Waals surface area contributed by atoms with Gasteiger partial charge < -0.3 is 0 Å². The predicted octanol–water partition coefficient (Wildman–Crippen LogP) is 3.03. The second-order valence-corrected chi connectivity index (χ2v) is 6.21. The number of hydrogen-bond donors (Lipinski definition) is 0. The number of benzene rings is 2. The van der Waals surface area contributed by atoms with Gasteiger partial charge in [-0.05, 0) is 11.6 Å². The minimum Gasteiger partial charge on any atom is -0.266 e. The van der Waals surface area contributed by atoms with E-state index in [-0.39, 0.29) is 5.56 Å². The zero-order chi connectivity index (χ0) is 16.4. The maximum Gasteiger partial charge on any atom is 0.291 e. The standard InChI is InChI=1S/C19H13N3OS/c23-18-16(13-7-10-14-8-3-1-4-9-14)24-19-20-17(21-22(18)19)15-11-5-2-6-12-15/h1-13H/b10-7+,16-13-. The van der Waals surface area contributed by atoms with Crippen molar-refractivity contribution in [1.82, 2.24) is 14.6 Å². The molecule has 0 aliphatic rings. The largest absolute Gasteiger partial charge is 0.291 e. The molecule has 0 saturated heterocycles. The molecule has 116 valence electrons. The van der Waals surface area contributed by atoms with Crippen molar-refractivity contribution < 1.29 is 0 Å². The molecule has 0 fully saturated rings. The number of allylic oxidation sites excluding steroid dienone is 1. The average molecular weight is 331 g/mol. The summed E-state index contributed by atoms with van der Waals surface area (Å²) in [5.41, 5.74) is 1.86. The fourth-order valence-corrected chi connectivity index (χ4v) is 3.23. The van der Waals surface area contributed by atoms with Crippen LogP contribution in [-0.2, 0) is 0 Å². The third-order valence-electron chi connectivity index (χ3n) is 3.55. The average Bonchev–Trinajstić information content (AvgIpc) is 3.17. The lowest BCUT2D eigenvalue weighted by molar-refractivity contribution is 0.937. The maximum atomic E-state index is 12.4. The Hall–Kier alpha value is -3.05. The molecule has 0 unspecified atom stereocenters. The fourth-order valence-electron chi connectivity index (χ4n) is 2.37. The van der Waals surface area contributed by atoms with Gasteiger partial charge in [0.05, 0.1) is 4.53 Å². The van der Waals surface area contributed by atoms with Gasteiger partial charge in [-0.3, -0.25) is 4.79 Å². The van der Waals surface area contributed by atoms with Crippen LogP contribution in [0.4, 0.5) is 0 Å². The molecule has 5 heteroatoms. The van der Waals surface area contributed by atoms with E-state index in [9.17, 15) is 4.79 Å². The lowest BCUT2D eigenvalue weighted by Crippen LogP contribution is -2.23. The van der Waals surface area contributed by atoms with Gasteiger partial charge in [0.1, 0.15) is 0 Å². The van der Waals surface area contributed by atoms with Gasteiger partial charge >= 0.3 is 0 Å². The van der Waals surface area contributed by atoms with Crippen molar-refractivity contribution in [1.29, 1.82) is 0 Å². The van der Waals surface area contributed by atoms with Crippen LogP contribution in [0.5, 0.6) is 0 Å². The second kappa shape index (κ2) is 6.22. The van der Waals surface area contributed by atoms with Crippen molar-refractivity contribution in [3.63, 3.8) is 0 Å². The van der Waals surface area contributed by atoms with Crippen LogP contribution in [0.25, 0.3) is 28.5 Å². The molecule has 4 aromatic rings. The van der Waals surface area contributed by atoms with Crippen molar-refractivity contribution in [2.24, 2.45) is 0 Å². The van der Waals surface area contributed by atoms with Crippen molar-refractivity contribution in [2.45, 2.75) is 0 Å². The van der Waals surface area contributed by atoms with Crippen molar-refractivity contribution in [2.75, 3.05) is 0 Å². The SMILES string of the molecule is O=c1/c(=C/C=C/c2ccccc2)sc2nc(-c3ccccc3)nn12. The Bertz CT molecular complexity index is 1110. The third kappa shape index (κ3) is 2.77. The van der Waals surface area contributed by atoms with Crippen LogP contribution in [0.15, 0.2) is 71.5 Å². The summed E-state index contributed by atoms with van der Waals surface area (Å²) in [7, 11) is 0. The molecule has 0 aliphatic heterocycles. The molecule has 0 spiro atoms. The Morgan fingerprint density at radius 2 is 1.67 bits per heavy atom. The summed E-state index contributed by atoms with van der Waals surface area (Å²) in [6.45, 7) is 0. The van der Waals surface area contributed by atoms with Crippen LogP contribution in [0.1, 0.15) is 5.56 Å². The molecule has 0 saturated carbocycles. The van der Waals surface area contributed by atoms with Crippen LogP contribution in [0.3, 0.4) is 0 Å². The summed E-state index contributed by atoms with van der Waals surface area (Å²) in [6.07, 6.45) is 5.64. The normalized spacial score (nSPS) is 12.4. The summed E-state index contributed by atoms with van der Waals surface area (Å²) < 4.78 is 1.99. The minimum atomic E-state index is -0.137. The monoisotopic (exact) mass is 331 g/mol. The Kier molecular flexibility index (Phi) is 3.76. The van der Waals surface area contributed by atoms with E-state index >= 15 is 0 Å². The van der Waals surface area contributed by atoms with Crippen LogP contribution in [0, 0.1) is 0 Å². The fraction of sp³-hybridized carbons (Fsp3) is 0. The number of hydrogen-bond acceptors (Lipinski definition) is 4. The third-order valence-corrected chi connectivity index (χ3v) is 4.53. The zero-order valence-corrected chi connectivity index (χ0v) is 13.5. The number of aromatic nitrogens is 3. The van der Waals surface area contributed by atoms with E-state index < -0.39 is 0 Å². The van der Waals surface area contributed by atoms with E-state index in [1.165, 1.54) is 15.9 Å². The van der Waals surface area contributed by atoms with Crippen LogP contribution in [0.2, 0.25) is 0 Å². The number of nitrogens with zero attached hydrogens (tertiary/aromatic N) is 3. The summed E-state index contributed by atoms with van der Waals surface area (Å²) in [5.74, 6) is 0.574. The summed E-state index contributed by atoms with van der Waals surface area (Å²) in [6, 6.07) is 19.6. The number of rotatable bonds is 3. The molecule has 4 nitrogen and oxygen atoms in total. The highest BCUT2D eigenvalue weighted by molar-refractivity contribution is 7.15. The lowest BCUT2D eigenvalue weighted by Gasteiger charge is -1.91. The Morgan fingerprint density at radius 1 is 0.958 bits per heavy atom. The van der Waals surface area contributed by atoms with Crippen molar-refractivity contribution in [3.05, 3.63) is 87.2 Å². The molecule has 2 heterocycles. The Labute approximate surface area is 142 Å². The molecular formula is C19H13N3OS. The topological polar surface area (TPSA) is 47.3 Å². The maximum absolute atomic E-state index is 12.4. The lowest BCUT2D eigenvalue weighted by atomic mass is 10.2. The van der Waals surface area contributed by atoms with Crippen molar-refractivity contribution >= 4 is 28.4 Å². The van der Waals surface area contributed by atoms with E-state index in [0.717, 1.165) is 11.1 Å². The van der Waals surface area contributed by atoms with Gasteiger partial charge in [-0.15, -0.1) is 5.10 Å². The highest BCUT2D eigenvalue weighted by Crippen LogP contribution is 2.15. The highest BCUT2D eigenvalue weighted by Gasteiger charge is 2.10. The van der Waals surface area contributed by atoms with Crippen molar-refractivity contribution in [3.8, 4) is 11.4 Å². The van der Waals surface area contributed by atoms with Crippen LogP contribution in [-0.4, -0.2) is 14.6 Å². The number of thiazole rings is 1. The van der Waals surface area contributed by atoms with Gasteiger partial charge in [0.15, 0.2) is 5.82 Å². The molecule has 4 rings (SSSR count). The first kappa shape index (κ1) is 14.5. The predicted molar refractivity (Wildman–Crippen MR) is 97.7 cm³/mol. The quantitative estimate of drug-likeness (QED) is 0.580. The second-order valence-electron chi connectivity index (χ2n) is 5.20. The Balaban J connectivity index is 1.70. The van der Waals surface area contributed by atoms with E-state index in [2.05, 4.69) is 10.1 Å². The molecule has 0 atom stereocenters. The van der Waals surface area contributed by atoms with Gasteiger partial charge in [-0.1, -0.05) is 84.2 Å². The minimum absolute atomic E-state index is 0.137. The van der Waals surface area contributed by atoms with Crippen LogP contribution < -0.4 is 10.1 Å². The van der Waals surface area contributed by atoms with Gasteiger partial charge in [-0.25, -0.2) is 0 Å². The molecule has 24 heavy (non-hydrogen) atoms. The molecule has 2 aromatic carbocycles. The Morgan fingerprint density at radius 3 is 2.38 bits per heavy atom. The van der Waals surface area contributed by atoms with Gasteiger partial charge in [0.25, 0.3) is 5.56 Å². The van der Waals surface area contributed by atoms with E-state index in [4.69, 9.17) is 0 Å². The van der Waals surface area contributed by atoms with E-state index in [1.54, 1.807) is 6.08 Å². The molecule has 0 bridgehead atoms. The molecule has 0 N–H and O–H groups in total. The molecular weight excluding hydrogens is 318 g/mol. The summed E-state index contributed by atoms with van der Waals surface area (Å²) >= 11 is 1.34. The highest BCUT2D eigenvalue weighted by atomic mass is 32.1. The first-order valence-electron chi connectivity index (χ1n) is 7.50. The summed E-state index contributed by atoms with van der Waals surface area (Å²) in [5, 5.41) is 4.33. The van der Waals surface area contributed by atoms with Gasteiger partial charge in [-0.2, -0.15) is 9.50 Å². The van der Waals surface area contributed by atoms with E-state index in [1.807, 2.05) is 72.8 Å². The van der Waals surface area contributed by atoms with E-state index in [0.29, 0.717) is 15.3 Å². The zero-order valence-electron chi connectivity index (χ0n) is 12.7. The molecule has 0 amide bonds. The van der Waals surface area contributed by atoms with Gasteiger partial charge in [0, 0.05) is 5.56 Å². The molecule has 2 aromatic heterocycles. The van der Waals surface area contributed by atoms with Crippen LogP contribution >= 0.6 is 11.3 Å². The first-order valence-corrected chi connectivity index (χ1v) is 8.31. The van der Waals surface area contributed by atoms with Gasteiger partial charge in [0.2, 0.25) is 4.96 Å². The molecule has 0 radical (unpaired) electrons. The first-order chi connectivity index (χ1) is 11.8. The summed E-state index contributed by atoms with van der Waals surface area (Å²) in [4.78, 5) is 17.5. The number of fused-ring (bicyclic) bond motifs is 1.